The number of rotatable bonds is 7. The zero-order valence-electron chi connectivity index (χ0n) is 12.4. The Kier molecular flexibility index (Phi) is 5.37. The second-order valence-electron chi connectivity index (χ2n) is 5.54. The van der Waals surface area contributed by atoms with E-state index < -0.39 is 0 Å². The number of methoxy groups -OCH3 is 1. The van der Waals surface area contributed by atoms with Gasteiger partial charge in [-0.25, -0.2) is 0 Å². The maximum atomic E-state index is 5.09. The Balaban J connectivity index is 1.78. The molecule has 106 valence electrons. The molecule has 1 aliphatic rings. The van der Waals surface area contributed by atoms with Gasteiger partial charge in [-0.05, 0) is 37.9 Å². The molecule has 3 nitrogen and oxygen atoms in total. The van der Waals surface area contributed by atoms with Crippen LogP contribution in [0.5, 0.6) is 0 Å². The van der Waals surface area contributed by atoms with E-state index in [1.807, 2.05) is 0 Å². The number of hydrogen-bond acceptors (Lipinski definition) is 3. The summed E-state index contributed by atoms with van der Waals surface area (Å²) in [4.78, 5) is 2.31. The van der Waals surface area contributed by atoms with Crippen molar-refractivity contribution in [2.75, 3.05) is 40.4 Å². The molecule has 0 aromatic heterocycles. The molecular formula is C16H26N2O. The SMILES string of the molecule is COCCN(C)CCNC1CCc2ccc(C)cc21. The van der Waals surface area contributed by atoms with Crippen LogP contribution in [-0.4, -0.2) is 45.3 Å². The predicted molar refractivity (Wildman–Crippen MR) is 79.6 cm³/mol. The van der Waals surface area contributed by atoms with Gasteiger partial charge in [0.15, 0.2) is 0 Å². The minimum Gasteiger partial charge on any atom is -0.383 e. The van der Waals surface area contributed by atoms with Crippen molar-refractivity contribution >= 4 is 0 Å². The van der Waals surface area contributed by atoms with Gasteiger partial charge in [-0.1, -0.05) is 23.8 Å². The zero-order valence-corrected chi connectivity index (χ0v) is 12.4. The maximum absolute atomic E-state index is 5.09. The zero-order chi connectivity index (χ0) is 13.7. The van der Waals surface area contributed by atoms with Crippen molar-refractivity contribution in [1.29, 1.82) is 0 Å². The van der Waals surface area contributed by atoms with E-state index in [0.29, 0.717) is 6.04 Å². The van der Waals surface area contributed by atoms with Crippen LogP contribution in [0.3, 0.4) is 0 Å². The number of nitrogens with one attached hydrogen (secondary N) is 1. The van der Waals surface area contributed by atoms with Crippen LogP contribution in [0.2, 0.25) is 0 Å². The molecule has 0 fully saturated rings. The highest BCUT2D eigenvalue weighted by Crippen LogP contribution is 2.31. The Morgan fingerprint density at radius 2 is 2.21 bits per heavy atom. The molecule has 0 heterocycles. The Bertz CT molecular complexity index is 406. The van der Waals surface area contributed by atoms with Gasteiger partial charge in [-0.15, -0.1) is 0 Å². The van der Waals surface area contributed by atoms with Crippen molar-refractivity contribution in [3.8, 4) is 0 Å². The second kappa shape index (κ2) is 7.04. The summed E-state index contributed by atoms with van der Waals surface area (Å²) >= 11 is 0. The van der Waals surface area contributed by atoms with Crippen LogP contribution in [0.4, 0.5) is 0 Å². The van der Waals surface area contributed by atoms with Crippen molar-refractivity contribution in [1.82, 2.24) is 10.2 Å². The quantitative estimate of drug-likeness (QED) is 0.815. The number of ether oxygens (including phenoxy) is 1. The molecule has 0 saturated heterocycles. The molecule has 3 heteroatoms. The highest BCUT2D eigenvalue weighted by Gasteiger charge is 2.21. The molecule has 1 unspecified atom stereocenters. The first kappa shape index (κ1) is 14.5. The van der Waals surface area contributed by atoms with Crippen LogP contribution < -0.4 is 5.32 Å². The fourth-order valence-corrected chi connectivity index (χ4v) is 2.72. The Morgan fingerprint density at radius 3 is 3.00 bits per heavy atom. The molecule has 0 spiro atoms. The van der Waals surface area contributed by atoms with Gasteiger partial charge in [-0.3, -0.25) is 0 Å². The van der Waals surface area contributed by atoms with Crippen molar-refractivity contribution in [3.05, 3.63) is 34.9 Å². The van der Waals surface area contributed by atoms with Gasteiger partial charge in [0, 0.05) is 32.8 Å². The number of nitrogens with zero attached hydrogens (tertiary/aromatic N) is 1. The molecule has 0 saturated carbocycles. The Hall–Kier alpha value is -0.900. The third kappa shape index (κ3) is 4.03. The molecule has 19 heavy (non-hydrogen) atoms. The molecular weight excluding hydrogens is 236 g/mol. The Labute approximate surface area is 116 Å². The average molecular weight is 262 g/mol. The van der Waals surface area contributed by atoms with Gasteiger partial charge in [0.25, 0.3) is 0 Å². The minimum atomic E-state index is 0.547. The number of benzene rings is 1. The summed E-state index contributed by atoms with van der Waals surface area (Å²) in [5, 5.41) is 3.69. The molecule has 1 aromatic carbocycles. The van der Waals surface area contributed by atoms with E-state index in [1.54, 1.807) is 7.11 Å². The lowest BCUT2D eigenvalue weighted by atomic mass is 10.1. The average Bonchev–Trinajstić information content (AvgIpc) is 2.79. The Morgan fingerprint density at radius 1 is 1.37 bits per heavy atom. The molecule has 0 radical (unpaired) electrons. The van der Waals surface area contributed by atoms with E-state index in [4.69, 9.17) is 4.74 Å². The van der Waals surface area contributed by atoms with E-state index in [2.05, 4.69) is 42.4 Å². The van der Waals surface area contributed by atoms with E-state index >= 15 is 0 Å². The standard InChI is InChI=1S/C16H26N2O/c1-13-4-5-14-6-7-16(15(14)12-13)17-8-9-18(2)10-11-19-3/h4-5,12,16-17H,6-11H2,1-3H3. The smallest absolute Gasteiger partial charge is 0.0589 e. The largest absolute Gasteiger partial charge is 0.383 e. The molecule has 0 bridgehead atoms. The van der Waals surface area contributed by atoms with Crippen LogP contribution >= 0.6 is 0 Å². The molecule has 1 N–H and O–H groups in total. The van der Waals surface area contributed by atoms with Crippen LogP contribution in [0.15, 0.2) is 18.2 Å². The summed E-state index contributed by atoms with van der Waals surface area (Å²) in [6.07, 6.45) is 2.45. The number of hydrogen-bond donors (Lipinski definition) is 1. The van der Waals surface area contributed by atoms with Gasteiger partial charge in [0.05, 0.1) is 6.61 Å². The van der Waals surface area contributed by atoms with Gasteiger partial charge in [-0.2, -0.15) is 0 Å². The summed E-state index contributed by atoms with van der Waals surface area (Å²) in [7, 11) is 3.90. The molecule has 2 rings (SSSR count). The first-order valence-corrected chi connectivity index (χ1v) is 7.21. The van der Waals surface area contributed by atoms with E-state index in [-0.39, 0.29) is 0 Å². The van der Waals surface area contributed by atoms with Crippen LogP contribution in [-0.2, 0) is 11.2 Å². The lowest BCUT2D eigenvalue weighted by Crippen LogP contribution is -2.32. The molecule has 0 amide bonds. The third-order valence-electron chi connectivity index (χ3n) is 3.94. The highest BCUT2D eigenvalue weighted by atomic mass is 16.5. The summed E-state index contributed by atoms with van der Waals surface area (Å²) in [5.74, 6) is 0. The van der Waals surface area contributed by atoms with Crippen molar-refractivity contribution in [2.24, 2.45) is 0 Å². The third-order valence-corrected chi connectivity index (χ3v) is 3.94. The lowest BCUT2D eigenvalue weighted by molar-refractivity contribution is 0.161. The van der Waals surface area contributed by atoms with E-state index in [1.165, 1.54) is 29.5 Å². The number of aryl methyl sites for hydroxylation is 2. The monoisotopic (exact) mass is 262 g/mol. The fourth-order valence-electron chi connectivity index (χ4n) is 2.72. The molecule has 1 aliphatic carbocycles. The fraction of sp³-hybridized carbons (Fsp3) is 0.625. The number of fused-ring (bicyclic) bond motifs is 1. The minimum absolute atomic E-state index is 0.547. The molecule has 1 aromatic rings. The highest BCUT2D eigenvalue weighted by molar-refractivity contribution is 5.37. The van der Waals surface area contributed by atoms with Crippen LogP contribution in [0, 0.1) is 6.92 Å². The second-order valence-corrected chi connectivity index (χ2v) is 5.54. The van der Waals surface area contributed by atoms with Crippen molar-refractivity contribution < 1.29 is 4.74 Å². The predicted octanol–water partition coefficient (Wildman–Crippen LogP) is 2.15. The topological polar surface area (TPSA) is 24.5 Å². The first-order valence-electron chi connectivity index (χ1n) is 7.21. The maximum Gasteiger partial charge on any atom is 0.0589 e. The number of likely N-dealkylation sites (N-methyl/N-ethyl adjacent to an activating group) is 1. The lowest BCUT2D eigenvalue weighted by Gasteiger charge is -2.19. The van der Waals surface area contributed by atoms with Gasteiger partial charge in [0.1, 0.15) is 0 Å². The summed E-state index contributed by atoms with van der Waals surface area (Å²) in [5.41, 5.74) is 4.40. The van der Waals surface area contributed by atoms with E-state index in [0.717, 1.165) is 26.2 Å². The van der Waals surface area contributed by atoms with Crippen LogP contribution in [0.1, 0.15) is 29.2 Å². The molecule has 1 atom stereocenters. The van der Waals surface area contributed by atoms with E-state index in [9.17, 15) is 0 Å². The molecule has 0 aliphatic heterocycles. The normalized spacial score (nSPS) is 18.0. The van der Waals surface area contributed by atoms with Gasteiger partial charge in [0.2, 0.25) is 0 Å². The van der Waals surface area contributed by atoms with Gasteiger partial charge >= 0.3 is 0 Å². The van der Waals surface area contributed by atoms with Crippen molar-refractivity contribution in [2.45, 2.75) is 25.8 Å². The summed E-state index contributed by atoms with van der Waals surface area (Å²) in [6, 6.07) is 7.40. The van der Waals surface area contributed by atoms with Crippen molar-refractivity contribution in [3.63, 3.8) is 0 Å². The summed E-state index contributed by atoms with van der Waals surface area (Å²) in [6.45, 7) is 6.09. The van der Waals surface area contributed by atoms with Crippen LogP contribution in [0.25, 0.3) is 0 Å². The summed E-state index contributed by atoms with van der Waals surface area (Å²) < 4.78 is 5.09. The van der Waals surface area contributed by atoms with Gasteiger partial charge < -0.3 is 15.0 Å². The first-order chi connectivity index (χ1) is 9.20.